The quantitative estimate of drug-likeness (QED) is 0.839. The Morgan fingerprint density at radius 1 is 1.47 bits per heavy atom. The van der Waals surface area contributed by atoms with E-state index in [0.717, 1.165) is 25.2 Å². The molecule has 1 N–H and O–H groups in total. The molecule has 1 atom stereocenters. The molecule has 0 bridgehead atoms. The highest BCUT2D eigenvalue weighted by molar-refractivity contribution is 5.90. The van der Waals surface area contributed by atoms with Crippen LogP contribution in [0.3, 0.4) is 0 Å². The van der Waals surface area contributed by atoms with Crippen LogP contribution in [0.5, 0.6) is 0 Å². The van der Waals surface area contributed by atoms with Crippen LogP contribution in [0, 0.1) is 6.92 Å². The number of piperazine rings is 1. The lowest BCUT2D eigenvalue weighted by molar-refractivity contribution is -0.122. The van der Waals surface area contributed by atoms with Gasteiger partial charge in [-0.05, 0) is 25.5 Å². The van der Waals surface area contributed by atoms with Crippen LogP contribution in [0.2, 0.25) is 0 Å². The number of hydroxylamine groups is 2. The average Bonchev–Trinajstić information content (AvgIpc) is 2.29. The van der Waals surface area contributed by atoms with E-state index in [1.165, 1.54) is 0 Å². The summed E-state index contributed by atoms with van der Waals surface area (Å²) in [5.41, 5.74) is 1.58. The molecule has 0 aliphatic carbocycles. The second-order valence-electron chi connectivity index (χ2n) is 4.44. The molecule has 0 amide bonds. The van der Waals surface area contributed by atoms with Crippen LogP contribution in [-0.4, -0.2) is 36.7 Å². The Kier molecular flexibility index (Phi) is 3.76. The number of carbonyl (C=O) groups excluding carboxylic acids is 1. The zero-order chi connectivity index (χ0) is 12.3. The Balaban J connectivity index is 1.99. The molecule has 4 heteroatoms. The summed E-state index contributed by atoms with van der Waals surface area (Å²) < 4.78 is 0. The highest BCUT2D eigenvalue weighted by Crippen LogP contribution is 2.10. The van der Waals surface area contributed by atoms with Crippen LogP contribution in [0.25, 0.3) is 0 Å². The Morgan fingerprint density at radius 3 is 2.94 bits per heavy atom. The maximum absolute atomic E-state index is 12.0. The minimum absolute atomic E-state index is 0.266. The van der Waals surface area contributed by atoms with E-state index in [1.807, 2.05) is 25.1 Å². The summed E-state index contributed by atoms with van der Waals surface area (Å²) in [6, 6.07) is 7.83. The average molecular weight is 234 g/mol. The smallest absolute Gasteiger partial charge is 0.357 e. The van der Waals surface area contributed by atoms with Gasteiger partial charge >= 0.3 is 5.97 Å². The fourth-order valence-electron chi connectivity index (χ4n) is 1.95. The summed E-state index contributed by atoms with van der Waals surface area (Å²) in [4.78, 5) is 17.3. The van der Waals surface area contributed by atoms with E-state index < -0.39 is 0 Å². The van der Waals surface area contributed by atoms with Crippen molar-refractivity contribution in [2.24, 2.45) is 0 Å². The van der Waals surface area contributed by atoms with Gasteiger partial charge < -0.3 is 10.2 Å². The predicted octanol–water partition coefficient (Wildman–Crippen LogP) is 1.36. The van der Waals surface area contributed by atoms with Crippen molar-refractivity contribution in [3.63, 3.8) is 0 Å². The van der Waals surface area contributed by atoms with Crippen LogP contribution in [-0.2, 0) is 4.84 Å². The van der Waals surface area contributed by atoms with Gasteiger partial charge in [-0.3, -0.25) is 0 Å². The van der Waals surface area contributed by atoms with Gasteiger partial charge in [0.2, 0.25) is 0 Å². The van der Waals surface area contributed by atoms with E-state index in [0.29, 0.717) is 11.6 Å². The largest absolute Gasteiger partial charge is 0.364 e. The monoisotopic (exact) mass is 234 g/mol. The number of rotatable bonds is 2. The molecule has 1 aromatic carbocycles. The first-order valence-corrected chi connectivity index (χ1v) is 5.93. The third-order valence-corrected chi connectivity index (χ3v) is 2.91. The third-order valence-electron chi connectivity index (χ3n) is 2.91. The van der Waals surface area contributed by atoms with Crippen molar-refractivity contribution in [2.75, 3.05) is 19.6 Å². The molecule has 0 saturated carbocycles. The van der Waals surface area contributed by atoms with Gasteiger partial charge in [0.25, 0.3) is 0 Å². The first-order chi connectivity index (χ1) is 8.16. The lowest BCUT2D eigenvalue weighted by atomic mass is 10.1. The van der Waals surface area contributed by atoms with Gasteiger partial charge in [-0.15, -0.1) is 5.06 Å². The predicted molar refractivity (Wildman–Crippen MR) is 65.6 cm³/mol. The fourth-order valence-corrected chi connectivity index (χ4v) is 1.95. The van der Waals surface area contributed by atoms with Crippen LogP contribution >= 0.6 is 0 Å². The fraction of sp³-hybridized carbons (Fsp3) is 0.462. The number of aryl methyl sites for hydroxylation is 1. The summed E-state index contributed by atoms with van der Waals surface area (Å²) in [7, 11) is 0. The van der Waals surface area contributed by atoms with Gasteiger partial charge in [-0.1, -0.05) is 18.2 Å². The van der Waals surface area contributed by atoms with E-state index in [4.69, 9.17) is 4.84 Å². The molecule has 1 aliphatic rings. The number of nitrogens with zero attached hydrogens (tertiary/aromatic N) is 1. The summed E-state index contributed by atoms with van der Waals surface area (Å²) in [5, 5.41) is 5.04. The number of carbonyl (C=O) groups is 1. The Bertz CT molecular complexity index is 406. The number of benzene rings is 1. The third kappa shape index (κ3) is 3.05. The van der Waals surface area contributed by atoms with E-state index in [-0.39, 0.29) is 5.97 Å². The Morgan fingerprint density at radius 2 is 2.24 bits per heavy atom. The summed E-state index contributed by atoms with van der Waals surface area (Å²) in [6.07, 6.45) is 0. The number of hydrogen-bond acceptors (Lipinski definition) is 4. The molecule has 1 aromatic rings. The molecule has 1 saturated heterocycles. The van der Waals surface area contributed by atoms with E-state index in [1.54, 1.807) is 11.1 Å². The second-order valence-corrected chi connectivity index (χ2v) is 4.44. The molecule has 1 heterocycles. The van der Waals surface area contributed by atoms with Crippen LogP contribution in [0.1, 0.15) is 22.8 Å². The summed E-state index contributed by atoms with van der Waals surface area (Å²) >= 11 is 0. The van der Waals surface area contributed by atoms with Crippen LogP contribution < -0.4 is 5.32 Å². The SMILES string of the molecule is Cc1ccccc1C(=O)ON1CCNC(C)C1. The summed E-state index contributed by atoms with van der Waals surface area (Å²) in [5.74, 6) is -0.266. The summed E-state index contributed by atoms with van der Waals surface area (Å²) in [6.45, 7) is 6.31. The van der Waals surface area contributed by atoms with Crippen LogP contribution in [0.4, 0.5) is 0 Å². The van der Waals surface area contributed by atoms with Gasteiger partial charge in [-0.25, -0.2) is 4.79 Å². The lowest BCUT2D eigenvalue weighted by Gasteiger charge is -2.30. The van der Waals surface area contributed by atoms with Crippen molar-refractivity contribution >= 4 is 5.97 Å². The van der Waals surface area contributed by atoms with E-state index in [2.05, 4.69) is 12.2 Å². The van der Waals surface area contributed by atoms with Gasteiger partial charge in [0, 0.05) is 19.1 Å². The molecule has 1 fully saturated rings. The van der Waals surface area contributed by atoms with Gasteiger partial charge in [0.1, 0.15) is 0 Å². The van der Waals surface area contributed by atoms with E-state index in [9.17, 15) is 4.79 Å². The van der Waals surface area contributed by atoms with Gasteiger partial charge in [0.15, 0.2) is 0 Å². The molecular weight excluding hydrogens is 216 g/mol. The molecule has 0 spiro atoms. The Labute approximate surface area is 102 Å². The maximum Gasteiger partial charge on any atom is 0.357 e. The maximum atomic E-state index is 12.0. The zero-order valence-corrected chi connectivity index (χ0v) is 10.3. The number of nitrogens with one attached hydrogen (secondary N) is 1. The van der Waals surface area contributed by atoms with Crippen molar-refractivity contribution in [3.05, 3.63) is 35.4 Å². The van der Waals surface area contributed by atoms with Crippen molar-refractivity contribution in [1.29, 1.82) is 0 Å². The van der Waals surface area contributed by atoms with Crippen molar-refractivity contribution in [2.45, 2.75) is 19.9 Å². The highest BCUT2D eigenvalue weighted by atomic mass is 16.7. The molecular formula is C13H18N2O2. The molecule has 92 valence electrons. The lowest BCUT2D eigenvalue weighted by Crippen LogP contribution is -2.49. The van der Waals surface area contributed by atoms with Crippen molar-refractivity contribution in [3.8, 4) is 0 Å². The first kappa shape index (κ1) is 12.1. The molecule has 4 nitrogen and oxygen atoms in total. The second kappa shape index (κ2) is 5.29. The normalized spacial score (nSPS) is 21.2. The molecule has 2 rings (SSSR count). The molecule has 17 heavy (non-hydrogen) atoms. The molecule has 0 aromatic heterocycles. The molecule has 1 aliphatic heterocycles. The molecule has 1 unspecified atom stereocenters. The minimum Gasteiger partial charge on any atom is -0.364 e. The minimum atomic E-state index is -0.266. The van der Waals surface area contributed by atoms with Gasteiger partial charge in [-0.2, -0.15) is 0 Å². The van der Waals surface area contributed by atoms with Crippen LogP contribution in [0.15, 0.2) is 24.3 Å². The molecule has 0 radical (unpaired) electrons. The highest BCUT2D eigenvalue weighted by Gasteiger charge is 2.20. The topological polar surface area (TPSA) is 41.6 Å². The van der Waals surface area contributed by atoms with Gasteiger partial charge in [0.05, 0.1) is 12.1 Å². The number of hydrogen-bond donors (Lipinski definition) is 1. The standard InChI is InChI=1S/C13H18N2O2/c1-10-5-3-4-6-12(10)13(16)17-15-8-7-14-11(2)9-15/h3-6,11,14H,7-9H2,1-2H3. The Hall–Kier alpha value is -1.39. The van der Waals surface area contributed by atoms with Crippen molar-refractivity contribution in [1.82, 2.24) is 10.4 Å². The first-order valence-electron chi connectivity index (χ1n) is 5.93. The zero-order valence-electron chi connectivity index (χ0n) is 10.3. The van der Waals surface area contributed by atoms with Crippen molar-refractivity contribution < 1.29 is 9.63 Å². The van der Waals surface area contributed by atoms with E-state index >= 15 is 0 Å².